The van der Waals surface area contributed by atoms with Gasteiger partial charge < -0.3 is 24.1 Å². The van der Waals surface area contributed by atoms with Crippen LogP contribution < -0.4 is 19.5 Å². The van der Waals surface area contributed by atoms with E-state index in [0.717, 1.165) is 23.1 Å². The smallest absolute Gasteiger partial charge is 0.229 e. The molecule has 194 valence electrons. The topological polar surface area (TPSA) is 87.5 Å². The van der Waals surface area contributed by atoms with Gasteiger partial charge in [0.05, 0.1) is 21.3 Å². The lowest BCUT2D eigenvalue weighted by Crippen LogP contribution is -2.09. The maximum atomic E-state index is 13.0. The molecule has 8 nitrogen and oxygen atoms in total. The van der Waals surface area contributed by atoms with E-state index in [1.54, 1.807) is 39.7 Å². The average Bonchev–Trinajstić information content (AvgIpc) is 3.31. The van der Waals surface area contributed by atoms with E-state index in [9.17, 15) is 4.79 Å². The summed E-state index contributed by atoms with van der Waals surface area (Å²) in [6.07, 6.45) is 5.28. The van der Waals surface area contributed by atoms with Crippen molar-refractivity contribution in [3.8, 4) is 22.9 Å². The van der Waals surface area contributed by atoms with Gasteiger partial charge in [-0.2, -0.15) is 4.98 Å². The molecule has 0 unspecified atom stereocenters. The Morgan fingerprint density at radius 1 is 1.00 bits per heavy atom. The van der Waals surface area contributed by atoms with Crippen molar-refractivity contribution in [1.29, 1.82) is 0 Å². The maximum absolute atomic E-state index is 13.0. The van der Waals surface area contributed by atoms with Crippen molar-refractivity contribution in [2.75, 3.05) is 26.6 Å². The number of benzene rings is 2. The second kappa shape index (κ2) is 11.3. The third kappa shape index (κ3) is 5.85. The van der Waals surface area contributed by atoms with E-state index in [1.165, 1.54) is 0 Å². The van der Waals surface area contributed by atoms with E-state index in [0.29, 0.717) is 52.7 Å². The Hall–Kier alpha value is -4.07. The third-order valence-corrected chi connectivity index (χ3v) is 6.20. The number of nitrogens with zero attached hydrogens (tertiary/aromatic N) is 3. The number of anilines is 2. The molecule has 4 aromatic rings. The minimum Gasteiger partial charge on any atom is -0.493 e. The molecule has 0 amide bonds. The fraction of sp³-hybridized carbons (Fsp3) is 0.345. The van der Waals surface area contributed by atoms with Crippen molar-refractivity contribution in [3.05, 3.63) is 60.4 Å². The molecule has 0 spiro atoms. The van der Waals surface area contributed by atoms with Crippen LogP contribution in [0.2, 0.25) is 0 Å². The van der Waals surface area contributed by atoms with E-state index in [2.05, 4.69) is 31.1 Å². The molecule has 0 bridgehead atoms. The highest BCUT2D eigenvalue weighted by atomic mass is 16.5. The molecular weight excluding hydrogens is 468 g/mol. The zero-order chi connectivity index (χ0) is 26.5. The van der Waals surface area contributed by atoms with Gasteiger partial charge in [0, 0.05) is 53.3 Å². The molecule has 0 aliphatic rings. The standard InChI is InChI=1S/C29H34N4O4/c1-18(2)12-19(3)13-24(34)20-8-7-9-23(14-20)33-11-10-21-17-30-29(32-28(21)33)31-22-15-25(35-4)27(37-6)26(16-22)36-5/h7-11,14-19H,12-13H2,1-6H3,(H,30,31,32)/t19-/m1/s1. The lowest BCUT2D eigenvalue weighted by Gasteiger charge is -2.15. The normalized spacial score (nSPS) is 12.0. The number of ketones is 1. The molecule has 1 atom stereocenters. The van der Waals surface area contributed by atoms with E-state index in [4.69, 9.17) is 19.2 Å². The number of nitrogens with one attached hydrogen (secondary N) is 1. The van der Waals surface area contributed by atoms with Gasteiger partial charge in [-0.1, -0.05) is 32.9 Å². The fourth-order valence-corrected chi connectivity index (χ4v) is 4.62. The lowest BCUT2D eigenvalue weighted by molar-refractivity contribution is 0.0960. The van der Waals surface area contributed by atoms with E-state index < -0.39 is 0 Å². The summed E-state index contributed by atoms with van der Waals surface area (Å²) in [4.78, 5) is 22.2. The van der Waals surface area contributed by atoms with Crippen molar-refractivity contribution in [2.45, 2.75) is 33.6 Å². The number of carbonyl (C=O) groups is 1. The van der Waals surface area contributed by atoms with Gasteiger partial charge in [-0.25, -0.2) is 4.98 Å². The first-order valence-electron chi connectivity index (χ1n) is 12.4. The molecule has 0 fully saturated rings. The first kappa shape index (κ1) is 26.0. The van der Waals surface area contributed by atoms with Crippen molar-refractivity contribution in [3.63, 3.8) is 0 Å². The van der Waals surface area contributed by atoms with Gasteiger partial charge in [0.15, 0.2) is 17.3 Å². The summed E-state index contributed by atoms with van der Waals surface area (Å²) in [5, 5.41) is 4.11. The summed E-state index contributed by atoms with van der Waals surface area (Å²) in [7, 11) is 4.70. The second-order valence-corrected chi connectivity index (χ2v) is 9.61. The highest BCUT2D eigenvalue weighted by Gasteiger charge is 2.16. The Balaban J connectivity index is 1.63. The zero-order valence-corrected chi connectivity index (χ0v) is 22.2. The number of methoxy groups -OCH3 is 3. The Morgan fingerprint density at radius 3 is 2.38 bits per heavy atom. The third-order valence-electron chi connectivity index (χ3n) is 6.20. The van der Waals surface area contributed by atoms with Crippen LogP contribution in [0.3, 0.4) is 0 Å². The second-order valence-electron chi connectivity index (χ2n) is 9.61. The van der Waals surface area contributed by atoms with Crippen molar-refractivity contribution in [2.24, 2.45) is 11.8 Å². The average molecular weight is 503 g/mol. The molecule has 0 radical (unpaired) electrons. The lowest BCUT2D eigenvalue weighted by atomic mass is 9.92. The molecule has 4 rings (SSSR count). The molecule has 0 saturated heterocycles. The Labute approximate surface area is 217 Å². The van der Waals surface area contributed by atoms with Crippen LogP contribution in [-0.4, -0.2) is 41.6 Å². The maximum Gasteiger partial charge on any atom is 0.229 e. The number of aromatic nitrogens is 3. The molecule has 2 aromatic carbocycles. The minimum atomic E-state index is 0.158. The van der Waals surface area contributed by atoms with E-state index in [1.807, 2.05) is 41.1 Å². The van der Waals surface area contributed by atoms with Gasteiger partial charge in [0.2, 0.25) is 11.7 Å². The van der Waals surface area contributed by atoms with Crippen LogP contribution in [0.1, 0.15) is 44.0 Å². The number of ether oxygens (including phenoxy) is 3. The summed E-state index contributed by atoms with van der Waals surface area (Å²) in [5.74, 6) is 3.05. The molecule has 8 heteroatoms. The molecule has 1 N–H and O–H groups in total. The highest BCUT2D eigenvalue weighted by Crippen LogP contribution is 2.40. The first-order valence-corrected chi connectivity index (χ1v) is 12.4. The van der Waals surface area contributed by atoms with Crippen LogP contribution in [0.15, 0.2) is 54.9 Å². The van der Waals surface area contributed by atoms with Crippen molar-refractivity contribution < 1.29 is 19.0 Å². The van der Waals surface area contributed by atoms with Gasteiger partial charge in [0.25, 0.3) is 0 Å². The van der Waals surface area contributed by atoms with Crippen molar-refractivity contribution >= 4 is 28.5 Å². The van der Waals surface area contributed by atoms with Gasteiger partial charge in [0.1, 0.15) is 5.65 Å². The van der Waals surface area contributed by atoms with E-state index in [-0.39, 0.29) is 5.78 Å². The number of hydrogen-bond donors (Lipinski definition) is 1. The molecule has 37 heavy (non-hydrogen) atoms. The molecule has 0 saturated carbocycles. The molecular formula is C29H34N4O4. The van der Waals surface area contributed by atoms with Crippen LogP contribution in [0.25, 0.3) is 16.7 Å². The Bertz CT molecular complexity index is 1370. The zero-order valence-electron chi connectivity index (χ0n) is 22.2. The summed E-state index contributed by atoms with van der Waals surface area (Å²) >= 11 is 0. The summed E-state index contributed by atoms with van der Waals surface area (Å²) in [6, 6.07) is 13.2. The van der Waals surface area contributed by atoms with Gasteiger partial charge in [-0.15, -0.1) is 0 Å². The predicted molar refractivity (Wildman–Crippen MR) is 146 cm³/mol. The highest BCUT2D eigenvalue weighted by molar-refractivity contribution is 5.96. The summed E-state index contributed by atoms with van der Waals surface area (Å²) < 4.78 is 18.3. The SMILES string of the molecule is COc1cc(Nc2ncc3ccn(-c4cccc(C(=O)C[C@H](C)CC(C)C)c4)c3n2)cc(OC)c1OC. The van der Waals surface area contributed by atoms with Crippen LogP contribution in [0.5, 0.6) is 17.2 Å². The Morgan fingerprint density at radius 2 is 1.73 bits per heavy atom. The predicted octanol–water partition coefficient (Wildman–Crippen LogP) is 6.44. The molecule has 2 heterocycles. The van der Waals surface area contributed by atoms with Gasteiger partial charge in [-0.3, -0.25) is 4.79 Å². The van der Waals surface area contributed by atoms with E-state index >= 15 is 0 Å². The minimum absolute atomic E-state index is 0.158. The largest absolute Gasteiger partial charge is 0.493 e. The monoisotopic (exact) mass is 502 g/mol. The van der Waals surface area contributed by atoms with Gasteiger partial charge >= 0.3 is 0 Å². The first-order chi connectivity index (χ1) is 17.8. The summed E-state index contributed by atoms with van der Waals surface area (Å²) in [6.45, 7) is 6.51. The number of fused-ring (bicyclic) bond motifs is 1. The number of Topliss-reactive ketones (excluding diaryl/α,β-unsaturated/α-hetero) is 1. The number of rotatable bonds is 11. The van der Waals surface area contributed by atoms with Gasteiger partial charge in [-0.05, 0) is 36.5 Å². The fourth-order valence-electron chi connectivity index (χ4n) is 4.62. The van der Waals surface area contributed by atoms with Crippen LogP contribution >= 0.6 is 0 Å². The molecule has 0 aliphatic heterocycles. The van der Waals surface area contributed by atoms with Crippen LogP contribution in [0, 0.1) is 11.8 Å². The Kier molecular flexibility index (Phi) is 7.96. The number of hydrogen-bond acceptors (Lipinski definition) is 7. The summed E-state index contributed by atoms with van der Waals surface area (Å²) in [5.41, 5.74) is 2.99. The molecule has 2 aromatic heterocycles. The quantitative estimate of drug-likeness (QED) is 0.236. The van der Waals surface area contributed by atoms with Crippen LogP contribution in [-0.2, 0) is 0 Å². The van der Waals surface area contributed by atoms with Crippen LogP contribution in [0.4, 0.5) is 11.6 Å². The molecule has 0 aliphatic carbocycles. The van der Waals surface area contributed by atoms with Crippen molar-refractivity contribution in [1.82, 2.24) is 14.5 Å². The number of carbonyl (C=O) groups excluding carboxylic acids is 1.